The van der Waals surface area contributed by atoms with E-state index in [1.54, 1.807) is 29.5 Å². The van der Waals surface area contributed by atoms with Crippen LogP contribution in [-0.4, -0.2) is 63.5 Å². The van der Waals surface area contributed by atoms with Gasteiger partial charge in [0.05, 0.1) is 15.1 Å². The Morgan fingerprint density at radius 1 is 1.03 bits per heavy atom. The SMILES string of the molecule is Cc1ccc2nc(N3CCN(CCNC(=O)c4cccc(NS(=O)(=O)c5ccc(Cl)cc5)c4)CC3)sc2c1. The zero-order chi connectivity index (χ0) is 26.7. The molecule has 11 heteroatoms. The Morgan fingerprint density at radius 2 is 1.79 bits per heavy atom. The second-order valence-electron chi connectivity index (χ2n) is 9.19. The fraction of sp³-hybridized carbons (Fsp3) is 0.259. The van der Waals surface area contributed by atoms with E-state index in [1.807, 2.05) is 0 Å². The molecule has 38 heavy (non-hydrogen) atoms. The smallest absolute Gasteiger partial charge is 0.261 e. The average molecular weight is 570 g/mol. The molecule has 1 amide bonds. The molecule has 3 aromatic carbocycles. The first-order valence-corrected chi connectivity index (χ1v) is 15.0. The molecule has 0 spiro atoms. The fourth-order valence-electron chi connectivity index (χ4n) is 4.30. The van der Waals surface area contributed by atoms with E-state index in [4.69, 9.17) is 16.6 Å². The number of carbonyl (C=O) groups excluding carboxylic acids is 1. The van der Waals surface area contributed by atoms with E-state index in [0.717, 1.165) is 43.4 Å². The zero-order valence-corrected chi connectivity index (χ0v) is 23.2. The van der Waals surface area contributed by atoms with Gasteiger partial charge < -0.3 is 10.2 Å². The molecule has 1 fully saturated rings. The summed E-state index contributed by atoms with van der Waals surface area (Å²) >= 11 is 7.59. The molecule has 0 unspecified atom stereocenters. The first kappa shape index (κ1) is 26.4. The van der Waals surface area contributed by atoms with Gasteiger partial charge in [-0.1, -0.05) is 35.1 Å². The normalized spacial score (nSPS) is 14.5. The largest absolute Gasteiger partial charge is 0.351 e. The van der Waals surface area contributed by atoms with Crippen LogP contribution in [0.3, 0.4) is 0 Å². The highest BCUT2D eigenvalue weighted by Gasteiger charge is 2.20. The van der Waals surface area contributed by atoms with Gasteiger partial charge in [0, 0.05) is 55.5 Å². The summed E-state index contributed by atoms with van der Waals surface area (Å²) in [5.41, 5.74) is 2.99. The minimum Gasteiger partial charge on any atom is -0.351 e. The predicted octanol–water partition coefficient (Wildman–Crippen LogP) is 4.61. The molecular weight excluding hydrogens is 542 g/mol. The molecule has 2 N–H and O–H groups in total. The molecule has 0 saturated carbocycles. The van der Waals surface area contributed by atoms with Gasteiger partial charge in [0.1, 0.15) is 0 Å². The summed E-state index contributed by atoms with van der Waals surface area (Å²) in [4.78, 5) is 22.3. The van der Waals surface area contributed by atoms with Crippen LogP contribution in [0.15, 0.2) is 71.6 Å². The number of sulfonamides is 1. The van der Waals surface area contributed by atoms with Gasteiger partial charge in [-0.15, -0.1) is 0 Å². The van der Waals surface area contributed by atoms with Crippen LogP contribution in [0.2, 0.25) is 5.02 Å². The number of hydrogen-bond acceptors (Lipinski definition) is 7. The van der Waals surface area contributed by atoms with E-state index in [0.29, 0.717) is 22.8 Å². The number of thiazole rings is 1. The lowest BCUT2D eigenvalue weighted by atomic mass is 10.2. The van der Waals surface area contributed by atoms with Crippen molar-refractivity contribution in [2.45, 2.75) is 11.8 Å². The van der Waals surface area contributed by atoms with Crippen molar-refractivity contribution in [1.29, 1.82) is 0 Å². The predicted molar refractivity (Wildman–Crippen MR) is 154 cm³/mol. The number of anilines is 2. The van der Waals surface area contributed by atoms with Crippen molar-refractivity contribution in [2.75, 3.05) is 48.9 Å². The Hall–Kier alpha value is -3.18. The van der Waals surface area contributed by atoms with Crippen LogP contribution in [0.25, 0.3) is 10.2 Å². The summed E-state index contributed by atoms with van der Waals surface area (Å²) in [6.07, 6.45) is 0. The minimum atomic E-state index is -3.79. The van der Waals surface area contributed by atoms with E-state index < -0.39 is 10.0 Å². The number of carbonyl (C=O) groups is 1. The quantitative estimate of drug-likeness (QED) is 0.322. The van der Waals surface area contributed by atoms with E-state index >= 15 is 0 Å². The highest BCUT2D eigenvalue weighted by Crippen LogP contribution is 2.30. The van der Waals surface area contributed by atoms with Crippen LogP contribution >= 0.6 is 22.9 Å². The Labute approximate surface area is 231 Å². The molecule has 1 aliphatic rings. The molecule has 8 nitrogen and oxygen atoms in total. The van der Waals surface area contributed by atoms with Crippen molar-refractivity contribution in [3.8, 4) is 0 Å². The van der Waals surface area contributed by atoms with Gasteiger partial charge in [0.25, 0.3) is 15.9 Å². The summed E-state index contributed by atoms with van der Waals surface area (Å²) in [7, 11) is -3.79. The third-order valence-corrected chi connectivity index (χ3v) is 9.12. The number of rotatable bonds is 8. The van der Waals surface area contributed by atoms with Crippen LogP contribution in [0.1, 0.15) is 15.9 Å². The molecule has 2 heterocycles. The maximum atomic E-state index is 12.7. The molecule has 1 aliphatic heterocycles. The number of aromatic nitrogens is 1. The minimum absolute atomic E-state index is 0.0927. The number of amides is 1. The Balaban J connectivity index is 1.10. The summed E-state index contributed by atoms with van der Waals surface area (Å²) in [6.45, 7) is 6.91. The maximum absolute atomic E-state index is 12.7. The molecule has 0 bridgehead atoms. The monoisotopic (exact) mass is 569 g/mol. The van der Waals surface area contributed by atoms with Gasteiger partial charge in [-0.05, 0) is 67.1 Å². The number of halogens is 1. The zero-order valence-electron chi connectivity index (χ0n) is 20.9. The number of nitrogens with one attached hydrogen (secondary N) is 2. The summed E-state index contributed by atoms with van der Waals surface area (Å²) in [6, 6.07) is 18.7. The van der Waals surface area contributed by atoms with Gasteiger partial charge in [-0.3, -0.25) is 14.4 Å². The lowest BCUT2D eigenvalue weighted by molar-refractivity contribution is 0.0948. The molecular formula is C27H28ClN5O3S2. The van der Waals surface area contributed by atoms with Gasteiger partial charge in [-0.2, -0.15) is 0 Å². The van der Waals surface area contributed by atoms with E-state index in [9.17, 15) is 13.2 Å². The molecule has 0 radical (unpaired) electrons. The molecule has 5 rings (SSSR count). The topological polar surface area (TPSA) is 94.6 Å². The van der Waals surface area contributed by atoms with Crippen molar-refractivity contribution >= 4 is 59.9 Å². The van der Waals surface area contributed by atoms with Gasteiger partial charge in [0.15, 0.2) is 5.13 Å². The lowest BCUT2D eigenvalue weighted by Gasteiger charge is -2.34. The first-order chi connectivity index (χ1) is 18.3. The van der Waals surface area contributed by atoms with Crippen molar-refractivity contribution in [2.24, 2.45) is 0 Å². The second-order valence-corrected chi connectivity index (χ2v) is 12.3. The van der Waals surface area contributed by atoms with Gasteiger partial charge in [0.2, 0.25) is 0 Å². The molecule has 0 aliphatic carbocycles. The van der Waals surface area contributed by atoms with Crippen molar-refractivity contribution < 1.29 is 13.2 Å². The van der Waals surface area contributed by atoms with Crippen molar-refractivity contribution in [3.63, 3.8) is 0 Å². The van der Waals surface area contributed by atoms with Crippen LogP contribution in [0.5, 0.6) is 0 Å². The number of hydrogen-bond donors (Lipinski definition) is 2. The Bertz CT molecular complexity index is 1550. The third kappa shape index (κ3) is 6.27. The highest BCUT2D eigenvalue weighted by atomic mass is 35.5. The van der Waals surface area contributed by atoms with Crippen LogP contribution in [0, 0.1) is 6.92 Å². The standard InChI is InChI=1S/C27H28ClN5O3S2/c1-19-5-10-24-25(17-19)37-27(30-24)33-15-13-32(14-16-33)12-11-29-26(34)20-3-2-4-22(18-20)31-38(35,36)23-8-6-21(28)7-9-23/h2-10,17-18,31H,11-16H2,1H3,(H,29,34). The summed E-state index contributed by atoms with van der Waals surface area (Å²) < 4.78 is 29.0. The maximum Gasteiger partial charge on any atom is 0.261 e. The fourth-order valence-corrected chi connectivity index (χ4v) is 6.59. The molecule has 0 atom stereocenters. The first-order valence-electron chi connectivity index (χ1n) is 12.3. The van der Waals surface area contributed by atoms with E-state index in [1.165, 1.54) is 40.6 Å². The second kappa shape index (κ2) is 11.3. The van der Waals surface area contributed by atoms with Gasteiger partial charge >= 0.3 is 0 Å². The molecule has 1 aromatic heterocycles. The van der Waals surface area contributed by atoms with Crippen molar-refractivity contribution in [1.82, 2.24) is 15.2 Å². The lowest BCUT2D eigenvalue weighted by Crippen LogP contribution is -2.48. The number of benzene rings is 3. The Morgan fingerprint density at radius 3 is 2.55 bits per heavy atom. The van der Waals surface area contributed by atoms with Crippen LogP contribution < -0.4 is 14.9 Å². The Kier molecular flexibility index (Phi) is 7.85. The van der Waals surface area contributed by atoms with Gasteiger partial charge in [-0.25, -0.2) is 13.4 Å². The number of aryl methyl sites for hydroxylation is 1. The van der Waals surface area contributed by atoms with E-state index in [-0.39, 0.29) is 10.8 Å². The number of nitrogens with zero attached hydrogens (tertiary/aromatic N) is 3. The summed E-state index contributed by atoms with van der Waals surface area (Å²) in [5.74, 6) is -0.249. The van der Waals surface area contributed by atoms with E-state index in [2.05, 4.69) is 45.0 Å². The van der Waals surface area contributed by atoms with Crippen LogP contribution in [-0.2, 0) is 10.0 Å². The molecule has 4 aromatic rings. The molecule has 1 saturated heterocycles. The van der Waals surface area contributed by atoms with Crippen molar-refractivity contribution in [3.05, 3.63) is 82.9 Å². The third-order valence-electron chi connectivity index (χ3n) is 6.39. The number of fused-ring (bicyclic) bond motifs is 1. The number of piperazine rings is 1. The highest BCUT2D eigenvalue weighted by molar-refractivity contribution is 7.92. The average Bonchev–Trinajstić information content (AvgIpc) is 3.32. The molecule has 198 valence electrons. The summed E-state index contributed by atoms with van der Waals surface area (Å²) in [5, 5.41) is 4.46. The van der Waals surface area contributed by atoms with Crippen LogP contribution in [0.4, 0.5) is 10.8 Å².